The third-order valence-corrected chi connectivity index (χ3v) is 8.01. The van der Waals surface area contributed by atoms with Crippen LogP contribution >= 0.6 is 0 Å². The van der Waals surface area contributed by atoms with E-state index in [1.807, 2.05) is 24.3 Å². The van der Waals surface area contributed by atoms with Crippen molar-refractivity contribution in [3.8, 4) is 11.5 Å². The van der Waals surface area contributed by atoms with Crippen LogP contribution in [0.1, 0.15) is 37.8 Å². The van der Waals surface area contributed by atoms with Crippen molar-refractivity contribution in [1.82, 2.24) is 10.0 Å². The Labute approximate surface area is 226 Å². The Morgan fingerprint density at radius 1 is 1.03 bits per heavy atom. The molecule has 1 heterocycles. The summed E-state index contributed by atoms with van der Waals surface area (Å²) in [5.74, 6) is 1.75. The molecule has 1 fully saturated rings. The number of carbonyl (C=O) groups excluding carboxylic acids is 1. The van der Waals surface area contributed by atoms with E-state index in [0.717, 1.165) is 18.4 Å². The maximum atomic E-state index is 12.6. The Morgan fingerprint density at radius 3 is 2.47 bits per heavy atom. The first-order chi connectivity index (χ1) is 18.2. The molecule has 2 aromatic carbocycles. The number of amides is 1. The number of ether oxygens (including phenoxy) is 4. The molecule has 0 aromatic heterocycles. The largest absolute Gasteiger partial charge is 0.493 e. The first-order valence-electron chi connectivity index (χ1n) is 13.0. The quantitative estimate of drug-likeness (QED) is 0.306. The van der Waals surface area contributed by atoms with Crippen molar-refractivity contribution >= 4 is 16.1 Å². The predicted octanol–water partition coefficient (Wildman–Crippen LogP) is 3.91. The summed E-state index contributed by atoms with van der Waals surface area (Å²) in [5, 5.41) is 2.88. The van der Waals surface area contributed by atoms with Crippen LogP contribution in [0.3, 0.4) is 0 Å². The lowest BCUT2D eigenvalue weighted by Crippen LogP contribution is -2.42. The van der Waals surface area contributed by atoms with Crippen molar-refractivity contribution in [2.24, 2.45) is 11.8 Å². The van der Waals surface area contributed by atoms with Crippen molar-refractivity contribution in [2.45, 2.75) is 51.0 Å². The number of alkyl carbamates (subject to hydrolysis) is 1. The number of hydrogen-bond donors (Lipinski definition) is 2. The molecule has 3 rings (SSSR count). The maximum Gasteiger partial charge on any atom is 0.407 e. The SMILES string of the molecule is COCCCOc1cc(CC(C[C@@H]2NC(=O)O[C@H]2CNS(=O)(=O)Cc2ccccc2)C(C)C)ccc1OC. The highest BCUT2D eigenvalue weighted by atomic mass is 32.2. The maximum absolute atomic E-state index is 12.6. The molecular weight excluding hydrogens is 508 g/mol. The van der Waals surface area contributed by atoms with Crippen molar-refractivity contribution < 1.29 is 32.2 Å². The standard InChI is InChI=1S/C28H40N2O7S/c1-20(2)23(15-22-11-12-25(35-4)26(16-22)36-14-8-13-34-3)17-24-27(37-28(31)30-24)18-29-38(32,33)19-21-9-6-5-7-10-21/h5-7,9-12,16,20,23-24,27,29H,8,13-15,17-19H2,1-4H3,(H,30,31)/t23?,24-,27-/m0/s1. The summed E-state index contributed by atoms with van der Waals surface area (Å²) in [5.41, 5.74) is 1.79. The molecule has 210 valence electrons. The van der Waals surface area contributed by atoms with Crippen molar-refractivity contribution in [1.29, 1.82) is 0 Å². The normalized spacial score (nSPS) is 18.2. The molecule has 1 amide bonds. The molecule has 0 aliphatic carbocycles. The van der Waals surface area contributed by atoms with E-state index in [0.29, 0.717) is 42.6 Å². The van der Waals surface area contributed by atoms with Gasteiger partial charge < -0.3 is 24.3 Å². The van der Waals surface area contributed by atoms with Gasteiger partial charge in [-0.05, 0) is 47.9 Å². The van der Waals surface area contributed by atoms with Crippen LogP contribution < -0.4 is 19.5 Å². The zero-order valence-electron chi connectivity index (χ0n) is 22.6. The highest BCUT2D eigenvalue weighted by Crippen LogP contribution is 2.32. The fourth-order valence-corrected chi connectivity index (χ4v) is 5.66. The number of methoxy groups -OCH3 is 2. The van der Waals surface area contributed by atoms with E-state index >= 15 is 0 Å². The Morgan fingerprint density at radius 2 is 1.79 bits per heavy atom. The molecule has 1 unspecified atom stereocenters. The topological polar surface area (TPSA) is 112 Å². The molecule has 0 spiro atoms. The van der Waals surface area contributed by atoms with Crippen LogP contribution in [0.15, 0.2) is 48.5 Å². The van der Waals surface area contributed by atoms with Gasteiger partial charge in [0.2, 0.25) is 10.0 Å². The summed E-state index contributed by atoms with van der Waals surface area (Å²) in [6.45, 7) is 5.45. The van der Waals surface area contributed by atoms with E-state index in [1.165, 1.54) is 0 Å². The average molecular weight is 549 g/mol. The molecule has 0 radical (unpaired) electrons. The number of sulfonamides is 1. The summed E-state index contributed by atoms with van der Waals surface area (Å²) < 4.78 is 49.8. The third-order valence-electron chi connectivity index (χ3n) is 6.69. The zero-order chi connectivity index (χ0) is 27.5. The number of rotatable bonds is 16. The smallest absolute Gasteiger partial charge is 0.407 e. The lowest BCUT2D eigenvalue weighted by atomic mass is 9.83. The lowest BCUT2D eigenvalue weighted by Gasteiger charge is -2.26. The highest BCUT2D eigenvalue weighted by Gasteiger charge is 2.36. The van der Waals surface area contributed by atoms with E-state index in [4.69, 9.17) is 18.9 Å². The van der Waals surface area contributed by atoms with Gasteiger partial charge in [0.15, 0.2) is 11.5 Å². The van der Waals surface area contributed by atoms with Crippen LogP contribution in [-0.4, -0.2) is 60.6 Å². The molecule has 0 bridgehead atoms. The minimum atomic E-state index is -3.58. The van der Waals surface area contributed by atoms with Gasteiger partial charge in [0.05, 0.1) is 25.5 Å². The average Bonchev–Trinajstić information content (AvgIpc) is 3.24. The molecular formula is C28H40N2O7S. The Kier molecular flexibility index (Phi) is 11.2. The van der Waals surface area contributed by atoms with Crippen molar-refractivity contribution in [3.63, 3.8) is 0 Å². The Hall–Kier alpha value is -2.82. The van der Waals surface area contributed by atoms with E-state index in [-0.39, 0.29) is 24.3 Å². The molecule has 2 N–H and O–H groups in total. The van der Waals surface area contributed by atoms with Gasteiger partial charge in [-0.3, -0.25) is 0 Å². The van der Waals surface area contributed by atoms with E-state index in [1.54, 1.807) is 38.5 Å². The van der Waals surface area contributed by atoms with Crippen molar-refractivity contribution in [2.75, 3.05) is 34.0 Å². The Bertz CT molecular complexity index is 1130. The monoisotopic (exact) mass is 548 g/mol. The molecule has 0 saturated carbocycles. The van der Waals surface area contributed by atoms with E-state index in [2.05, 4.69) is 23.9 Å². The molecule has 1 aliphatic heterocycles. The number of benzene rings is 2. The van der Waals surface area contributed by atoms with Gasteiger partial charge in [0, 0.05) is 26.7 Å². The number of hydrogen-bond acceptors (Lipinski definition) is 7. The first kappa shape index (κ1) is 29.7. The third kappa shape index (κ3) is 9.18. The Balaban J connectivity index is 1.63. The van der Waals surface area contributed by atoms with Gasteiger partial charge in [-0.25, -0.2) is 17.9 Å². The second-order valence-electron chi connectivity index (χ2n) is 9.91. The van der Waals surface area contributed by atoms with Gasteiger partial charge in [0.25, 0.3) is 0 Å². The highest BCUT2D eigenvalue weighted by molar-refractivity contribution is 7.88. The summed E-state index contributed by atoms with van der Waals surface area (Å²) in [7, 11) is -0.304. The predicted molar refractivity (Wildman–Crippen MR) is 146 cm³/mol. The van der Waals surface area contributed by atoms with Crippen molar-refractivity contribution in [3.05, 3.63) is 59.7 Å². The molecule has 9 nitrogen and oxygen atoms in total. The van der Waals surface area contributed by atoms with Crippen LogP contribution in [0.4, 0.5) is 4.79 Å². The molecule has 10 heteroatoms. The number of cyclic esters (lactones) is 1. The van der Waals surface area contributed by atoms with Gasteiger partial charge in [-0.2, -0.15) is 0 Å². The number of nitrogens with one attached hydrogen (secondary N) is 2. The van der Waals surface area contributed by atoms with Gasteiger partial charge in [-0.15, -0.1) is 0 Å². The van der Waals surface area contributed by atoms with Crippen LogP contribution in [0, 0.1) is 11.8 Å². The molecule has 1 aliphatic rings. The fraction of sp³-hybridized carbons (Fsp3) is 0.536. The van der Waals surface area contributed by atoms with Gasteiger partial charge in [0.1, 0.15) is 6.10 Å². The summed E-state index contributed by atoms with van der Waals surface area (Å²) >= 11 is 0. The van der Waals surface area contributed by atoms with Crippen LogP contribution in [-0.2, 0) is 31.7 Å². The van der Waals surface area contributed by atoms with E-state index in [9.17, 15) is 13.2 Å². The minimum Gasteiger partial charge on any atom is -0.493 e. The molecule has 1 saturated heterocycles. The summed E-state index contributed by atoms with van der Waals surface area (Å²) in [4.78, 5) is 12.1. The lowest BCUT2D eigenvalue weighted by molar-refractivity contribution is 0.128. The zero-order valence-corrected chi connectivity index (χ0v) is 23.5. The molecule has 2 aromatic rings. The van der Waals surface area contributed by atoms with Gasteiger partial charge >= 0.3 is 6.09 Å². The first-order valence-corrected chi connectivity index (χ1v) is 14.6. The van der Waals surface area contributed by atoms with Crippen LogP contribution in [0.2, 0.25) is 0 Å². The summed E-state index contributed by atoms with van der Waals surface area (Å²) in [6, 6.07) is 14.6. The van der Waals surface area contributed by atoms with E-state index < -0.39 is 22.2 Å². The minimum absolute atomic E-state index is 0.0192. The second kappa shape index (κ2) is 14.4. The number of carbonyl (C=O) groups is 1. The molecule has 3 atom stereocenters. The van der Waals surface area contributed by atoms with Crippen LogP contribution in [0.5, 0.6) is 11.5 Å². The second-order valence-corrected chi connectivity index (χ2v) is 11.7. The fourth-order valence-electron chi connectivity index (χ4n) is 4.51. The summed E-state index contributed by atoms with van der Waals surface area (Å²) in [6.07, 6.45) is 1.06. The van der Waals surface area contributed by atoms with Crippen LogP contribution in [0.25, 0.3) is 0 Å². The van der Waals surface area contributed by atoms with Gasteiger partial charge in [-0.1, -0.05) is 50.2 Å². The molecule has 38 heavy (non-hydrogen) atoms.